The van der Waals surface area contributed by atoms with Gasteiger partial charge in [0.25, 0.3) is 0 Å². The number of rotatable bonds is 9. The summed E-state index contributed by atoms with van der Waals surface area (Å²) < 4.78 is 5.71. The van der Waals surface area contributed by atoms with Gasteiger partial charge in [0.1, 0.15) is 0 Å². The third kappa shape index (κ3) is 5.12. The summed E-state index contributed by atoms with van der Waals surface area (Å²) in [5.74, 6) is 0.922. The molecule has 3 aromatic heterocycles. The number of thiophene rings is 1. The predicted octanol–water partition coefficient (Wildman–Crippen LogP) is 5.23. The van der Waals surface area contributed by atoms with E-state index in [1.807, 2.05) is 49.3 Å². The highest BCUT2D eigenvalue weighted by molar-refractivity contribution is 7.08. The van der Waals surface area contributed by atoms with Gasteiger partial charge in [-0.05, 0) is 40.8 Å². The van der Waals surface area contributed by atoms with Gasteiger partial charge in [-0.2, -0.15) is 11.3 Å². The van der Waals surface area contributed by atoms with Crippen LogP contribution in [-0.2, 0) is 11.2 Å². The molecule has 0 aliphatic rings. The van der Waals surface area contributed by atoms with E-state index >= 15 is 0 Å². The molecule has 35 heavy (non-hydrogen) atoms. The average Bonchev–Trinajstić information content (AvgIpc) is 3.64. The predicted molar refractivity (Wildman–Crippen MR) is 140 cm³/mol. The SMILES string of the molecule is CN(C)c1ccc(C(CNC(=O)CCc2nnc(-c3ccsc3)o2)c2c[nH]c3ccccc23)cc1. The number of para-hydroxylation sites is 1. The van der Waals surface area contributed by atoms with Crippen molar-refractivity contribution < 1.29 is 9.21 Å². The maximum atomic E-state index is 12.8. The van der Waals surface area contributed by atoms with Crippen LogP contribution in [0.25, 0.3) is 22.4 Å². The third-order valence-electron chi connectivity index (χ3n) is 6.11. The van der Waals surface area contributed by atoms with E-state index < -0.39 is 0 Å². The van der Waals surface area contributed by atoms with Gasteiger partial charge in [-0.1, -0.05) is 30.3 Å². The number of hydrogen-bond donors (Lipinski definition) is 2. The Morgan fingerprint density at radius 2 is 1.94 bits per heavy atom. The van der Waals surface area contributed by atoms with Crippen LogP contribution < -0.4 is 10.2 Å². The van der Waals surface area contributed by atoms with Crippen LogP contribution in [0, 0.1) is 0 Å². The number of benzene rings is 2. The molecule has 178 valence electrons. The summed E-state index contributed by atoms with van der Waals surface area (Å²) in [5.41, 5.74) is 5.44. The molecule has 0 bridgehead atoms. The van der Waals surface area contributed by atoms with Crippen molar-refractivity contribution in [3.8, 4) is 11.5 Å². The van der Waals surface area contributed by atoms with Crippen LogP contribution in [0.2, 0.25) is 0 Å². The van der Waals surface area contributed by atoms with Crippen LogP contribution in [0.4, 0.5) is 5.69 Å². The molecular weight excluding hydrogens is 458 g/mol. The van der Waals surface area contributed by atoms with Gasteiger partial charge >= 0.3 is 0 Å². The summed E-state index contributed by atoms with van der Waals surface area (Å²) >= 11 is 1.57. The van der Waals surface area contributed by atoms with Crippen LogP contribution in [0.15, 0.2) is 76.0 Å². The van der Waals surface area contributed by atoms with E-state index in [2.05, 4.69) is 61.8 Å². The highest BCUT2D eigenvalue weighted by Crippen LogP contribution is 2.31. The normalized spacial score (nSPS) is 12.1. The maximum absolute atomic E-state index is 12.8. The second kappa shape index (κ2) is 10.1. The number of aromatic amines is 1. The van der Waals surface area contributed by atoms with Crippen molar-refractivity contribution >= 4 is 33.8 Å². The lowest BCUT2D eigenvalue weighted by molar-refractivity contribution is -0.121. The van der Waals surface area contributed by atoms with E-state index in [0.29, 0.717) is 24.7 Å². The quantitative estimate of drug-likeness (QED) is 0.299. The van der Waals surface area contributed by atoms with E-state index in [4.69, 9.17) is 4.42 Å². The smallest absolute Gasteiger partial charge is 0.248 e. The molecule has 7 nitrogen and oxygen atoms in total. The molecular formula is C27H27N5O2S. The minimum atomic E-state index is -0.0463. The zero-order valence-electron chi connectivity index (χ0n) is 19.7. The molecule has 0 saturated heterocycles. The Bertz CT molecular complexity index is 1400. The number of H-pyrrole nitrogens is 1. The molecule has 1 atom stereocenters. The van der Waals surface area contributed by atoms with E-state index in [1.54, 1.807) is 11.3 Å². The Morgan fingerprint density at radius 3 is 2.71 bits per heavy atom. The Kier molecular flexibility index (Phi) is 6.63. The molecule has 5 rings (SSSR count). The summed E-state index contributed by atoms with van der Waals surface area (Å²) in [7, 11) is 4.05. The largest absolute Gasteiger partial charge is 0.421 e. The second-order valence-corrected chi connectivity index (χ2v) is 9.43. The first-order valence-electron chi connectivity index (χ1n) is 11.5. The molecule has 1 amide bonds. The van der Waals surface area contributed by atoms with Crippen LogP contribution in [-0.4, -0.2) is 41.7 Å². The van der Waals surface area contributed by atoms with Crippen molar-refractivity contribution in [3.63, 3.8) is 0 Å². The number of carbonyl (C=O) groups is 1. The zero-order valence-corrected chi connectivity index (χ0v) is 20.5. The molecule has 2 N–H and O–H groups in total. The highest BCUT2D eigenvalue weighted by atomic mass is 32.1. The van der Waals surface area contributed by atoms with Gasteiger partial charge in [0.2, 0.25) is 17.7 Å². The number of aryl methyl sites for hydroxylation is 1. The Morgan fingerprint density at radius 1 is 1.11 bits per heavy atom. The second-order valence-electron chi connectivity index (χ2n) is 8.65. The van der Waals surface area contributed by atoms with Crippen molar-refractivity contribution in [1.82, 2.24) is 20.5 Å². The molecule has 0 aliphatic carbocycles. The number of aromatic nitrogens is 3. The van der Waals surface area contributed by atoms with Gasteiger partial charge in [-0.15, -0.1) is 10.2 Å². The van der Waals surface area contributed by atoms with Crippen LogP contribution >= 0.6 is 11.3 Å². The van der Waals surface area contributed by atoms with Crippen molar-refractivity contribution in [2.75, 3.05) is 25.5 Å². The third-order valence-corrected chi connectivity index (χ3v) is 6.80. The number of amides is 1. The van der Waals surface area contributed by atoms with Crippen molar-refractivity contribution in [3.05, 3.63) is 88.6 Å². The van der Waals surface area contributed by atoms with Gasteiger partial charge in [-0.3, -0.25) is 4.79 Å². The van der Waals surface area contributed by atoms with Gasteiger partial charge in [0.05, 0.1) is 0 Å². The molecule has 0 aliphatic heterocycles. The maximum Gasteiger partial charge on any atom is 0.248 e. The first-order valence-corrected chi connectivity index (χ1v) is 12.5. The molecule has 0 fully saturated rings. The van der Waals surface area contributed by atoms with Gasteiger partial charge in [0.15, 0.2) is 0 Å². The lowest BCUT2D eigenvalue weighted by Crippen LogP contribution is -2.29. The van der Waals surface area contributed by atoms with E-state index in [0.717, 1.165) is 33.3 Å². The Labute approximate surface area is 207 Å². The van der Waals surface area contributed by atoms with Crippen LogP contribution in [0.3, 0.4) is 0 Å². The number of nitrogens with one attached hydrogen (secondary N) is 2. The summed E-state index contributed by atoms with van der Waals surface area (Å²) in [6.45, 7) is 0.492. The van der Waals surface area contributed by atoms with Crippen LogP contribution in [0.1, 0.15) is 29.4 Å². The molecule has 5 aromatic rings. The zero-order chi connectivity index (χ0) is 24.2. The van der Waals surface area contributed by atoms with Gasteiger partial charge in [0, 0.05) is 73.1 Å². The van der Waals surface area contributed by atoms with Crippen molar-refractivity contribution in [2.45, 2.75) is 18.8 Å². The first-order chi connectivity index (χ1) is 17.1. The minimum absolute atomic E-state index is 0.0138. The monoisotopic (exact) mass is 485 g/mol. The fourth-order valence-corrected chi connectivity index (χ4v) is 4.81. The van der Waals surface area contributed by atoms with E-state index in [-0.39, 0.29) is 18.2 Å². The molecule has 1 unspecified atom stereocenters. The standard InChI is InChI=1S/C27H27N5O2S/c1-32(2)20-9-7-18(8-10-20)22(23-16-28-24-6-4-3-5-21(23)24)15-29-25(33)11-12-26-30-31-27(34-26)19-13-14-35-17-19/h3-10,13-14,16-17,22,28H,11-12,15H2,1-2H3,(H,29,33). The molecule has 2 aromatic carbocycles. The summed E-state index contributed by atoms with van der Waals surface area (Å²) in [6, 6.07) is 18.7. The summed E-state index contributed by atoms with van der Waals surface area (Å²) in [6.07, 6.45) is 2.73. The molecule has 3 heterocycles. The number of carbonyl (C=O) groups excluding carboxylic acids is 1. The summed E-state index contributed by atoms with van der Waals surface area (Å²) in [5, 5.41) is 16.4. The Balaban J connectivity index is 1.29. The van der Waals surface area contributed by atoms with E-state index in [1.165, 1.54) is 0 Å². The minimum Gasteiger partial charge on any atom is -0.421 e. The van der Waals surface area contributed by atoms with Crippen molar-refractivity contribution in [2.24, 2.45) is 0 Å². The lowest BCUT2D eigenvalue weighted by Gasteiger charge is -2.20. The lowest BCUT2D eigenvalue weighted by atomic mass is 9.90. The molecule has 0 spiro atoms. The fourth-order valence-electron chi connectivity index (χ4n) is 4.18. The van der Waals surface area contributed by atoms with Crippen molar-refractivity contribution in [1.29, 1.82) is 0 Å². The number of hydrogen-bond acceptors (Lipinski definition) is 6. The Hall–Kier alpha value is -3.91. The molecule has 0 saturated carbocycles. The fraction of sp³-hybridized carbons (Fsp3) is 0.222. The topological polar surface area (TPSA) is 87.1 Å². The van der Waals surface area contributed by atoms with Gasteiger partial charge < -0.3 is 19.6 Å². The number of anilines is 1. The summed E-state index contributed by atoms with van der Waals surface area (Å²) in [4.78, 5) is 18.2. The highest BCUT2D eigenvalue weighted by Gasteiger charge is 2.20. The number of nitrogens with zero attached hydrogens (tertiary/aromatic N) is 3. The molecule has 8 heteroatoms. The van der Waals surface area contributed by atoms with E-state index in [9.17, 15) is 4.79 Å². The van der Waals surface area contributed by atoms with Gasteiger partial charge in [-0.25, -0.2) is 0 Å². The first kappa shape index (κ1) is 22.9. The van der Waals surface area contributed by atoms with Crippen LogP contribution in [0.5, 0.6) is 0 Å². The number of fused-ring (bicyclic) bond motifs is 1. The average molecular weight is 486 g/mol. The molecule has 0 radical (unpaired) electrons.